The topological polar surface area (TPSA) is 136 Å². The van der Waals surface area contributed by atoms with E-state index >= 15 is 0 Å². The number of rotatable bonds is 33. The second-order valence-electron chi connectivity index (χ2n) is 12.2. The van der Waals surface area contributed by atoms with Crippen LogP contribution in [0, 0.1) is 0 Å². The normalized spacial score (nSPS) is 13.1. The lowest BCUT2D eigenvalue weighted by atomic mass is 10.1. The summed E-state index contributed by atoms with van der Waals surface area (Å²) in [5.41, 5.74) is 0. The van der Waals surface area contributed by atoms with E-state index in [1.165, 1.54) is 51.0 Å². The van der Waals surface area contributed by atoms with Crippen molar-refractivity contribution in [1.82, 2.24) is 0 Å². The van der Waals surface area contributed by atoms with Gasteiger partial charge in [-0.3, -0.25) is 18.9 Å². The average molecular weight is 709 g/mol. The van der Waals surface area contributed by atoms with Crippen molar-refractivity contribution >= 4 is 25.5 Å². The third-order valence-corrected chi connectivity index (χ3v) is 7.97. The van der Waals surface area contributed by atoms with Crippen LogP contribution in [0.4, 0.5) is 0 Å². The highest BCUT2D eigenvalue weighted by Crippen LogP contribution is 2.35. The van der Waals surface area contributed by atoms with E-state index in [9.17, 15) is 18.9 Å². The van der Waals surface area contributed by atoms with Crippen molar-refractivity contribution < 1.29 is 42.7 Å². The molecule has 0 aliphatic heterocycles. The zero-order valence-corrected chi connectivity index (χ0v) is 31.2. The first kappa shape index (κ1) is 46.4. The molecule has 0 aromatic heterocycles. The Labute approximate surface area is 296 Å². The molecule has 280 valence electrons. The Balaban J connectivity index is 4.22. The van der Waals surface area contributed by atoms with E-state index in [2.05, 4.69) is 54.8 Å². The standard InChI is InChI=1S/C39H65O9P/c1-3-5-7-9-11-13-15-17-19-21-23-25-27-30-36(40)31-29-33-38(41)46-34-37(35-47-49(43,44)45)48-39(42)32-28-26-24-22-20-18-16-14-12-10-8-6-4-2/h11,13-14,16-17,19,23,25,27,30,37H,3-10,12,15,18,20-22,24,26,28-29,31-35H2,1-2H3,(H2,43,44,45)/b13-11-,16-14-,19-17-,25-23-,30-27+/t37-/m1/s1. The quantitative estimate of drug-likeness (QED) is 0.0170. The summed E-state index contributed by atoms with van der Waals surface area (Å²) in [5, 5.41) is 0. The molecule has 0 fully saturated rings. The molecule has 2 N–H and O–H groups in total. The van der Waals surface area contributed by atoms with Crippen LogP contribution in [-0.4, -0.2) is 46.8 Å². The van der Waals surface area contributed by atoms with Crippen molar-refractivity contribution in [3.8, 4) is 0 Å². The van der Waals surface area contributed by atoms with Gasteiger partial charge < -0.3 is 19.3 Å². The summed E-state index contributed by atoms with van der Waals surface area (Å²) in [5.74, 6) is -1.27. The zero-order valence-electron chi connectivity index (χ0n) is 30.3. The van der Waals surface area contributed by atoms with Crippen LogP contribution < -0.4 is 0 Å². The highest BCUT2D eigenvalue weighted by atomic mass is 31.2. The van der Waals surface area contributed by atoms with Crippen LogP contribution in [0.25, 0.3) is 0 Å². The Bertz CT molecular complexity index is 1040. The van der Waals surface area contributed by atoms with E-state index in [1.807, 2.05) is 12.2 Å². The number of phosphoric acid groups is 1. The van der Waals surface area contributed by atoms with Crippen molar-refractivity contribution in [3.05, 3.63) is 60.8 Å². The minimum Gasteiger partial charge on any atom is -0.462 e. The summed E-state index contributed by atoms with van der Waals surface area (Å²) in [6.45, 7) is 3.40. The Hall–Kier alpha value is -2.58. The molecule has 0 aliphatic carbocycles. The van der Waals surface area contributed by atoms with E-state index in [0.29, 0.717) is 6.42 Å². The Morgan fingerprint density at radius 3 is 1.80 bits per heavy atom. The van der Waals surface area contributed by atoms with Crippen molar-refractivity contribution in [1.29, 1.82) is 0 Å². The molecule has 0 saturated carbocycles. The summed E-state index contributed by atoms with van der Waals surface area (Å²) in [6.07, 6.45) is 38.0. The first-order chi connectivity index (χ1) is 23.7. The van der Waals surface area contributed by atoms with Crippen LogP contribution in [-0.2, 0) is 32.9 Å². The summed E-state index contributed by atoms with van der Waals surface area (Å²) in [7, 11) is -4.81. The molecule has 0 heterocycles. The van der Waals surface area contributed by atoms with Crippen molar-refractivity contribution in [2.45, 2.75) is 155 Å². The monoisotopic (exact) mass is 708 g/mol. The molecule has 1 atom stereocenters. The molecule has 10 heteroatoms. The second-order valence-corrected chi connectivity index (χ2v) is 13.5. The Kier molecular flexibility index (Phi) is 32.1. The number of hydrogen-bond acceptors (Lipinski definition) is 7. The maximum Gasteiger partial charge on any atom is 0.469 e. The van der Waals surface area contributed by atoms with E-state index in [0.717, 1.165) is 57.8 Å². The number of carbonyl (C=O) groups excluding carboxylic acids is 3. The van der Waals surface area contributed by atoms with Crippen molar-refractivity contribution in [2.24, 2.45) is 0 Å². The first-order valence-corrected chi connectivity index (χ1v) is 20.1. The Morgan fingerprint density at radius 2 is 1.12 bits per heavy atom. The molecular formula is C39H65O9P. The van der Waals surface area contributed by atoms with Gasteiger partial charge >= 0.3 is 19.8 Å². The highest BCUT2D eigenvalue weighted by Gasteiger charge is 2.23. The molecule has 49 heavy (non-hydrogen) atoms. The number of carbonyl (C=O) groups is 3. The largest absolute Gasteiger partial charge is 0.469 e. The fraction of sp³-hybridized carbons (Fsp3) is 0.667. The van der Waals surface area contributed by atoms with Gasteiger partial charge in [-0.25, -0.2) is 4.57 Å². The molecular weight excluding hydrogens is 643 g/mol. The maximum atomic E-state index is 12.3. The molecule has 0 spiro atoms. The highest BCUT2D eigenvalue weighted by molar-refractivity contribution is 7.46. The second kappa shape index (κ2) is 33.9. The third-order valence-electron chi connectivity index (χ3n) is 7.49. The molecule has 0 rings (SSSR count). The number of ether oxygens (including phenoxy) is 2. The molecule has 0 aliphatic rings. The van der Waals surface area contributed by atoms with Gasteiger partial charge in [-0.1, -0.05) is 120 Å². The van der Waals surface area contributed by atoms with Gasteiger partial charge in [0, 0.05) is 19.3 Å². The van der Waals surface area contributed by atoms with Gasteiger partial charge in [-0.2, -0.15) is 0 Å². The van der Waals surface area contributed by atoms with Gasteiger partial charge in [0.25, 0.3) is 0 Å². The molecule has 0 radical (unpaired) electrons. The third kappa shape index (κ3) is 36.5. The summed E-state index contributed by atoms with van der Waals surface area (Å²) in [4.78, 5) is 54.7. The number of esters is 2. The molecule has 0 unspecified atom stereocenters. The fourth-order valence-corrected chi connectivity index (χ4v) is 5.03. The van der Waals surface area contributed by atoms with Crippen LogP contribution in [0.3, 0.4) is 0 Å². The van der Waals surface area contributed by atoms with E-state index in [4.69, 9.17) is 19.3 Å². The lowest BCUT2D eigenvalue weighted by molar-refractivity contribution is -0.161. The van der Waals surface area contributed by atoms with E-state index in [1.54, 1.807) is 6.08 Å². The van der Waals surface area contributed by atoms with Gasteiger partial charge in [0.2, 0.25) is 0 Å². The fourth-order valence-electron chi connectivity index (χ4n) is 4.67. The SMILES string of the molecule is CCCCC/C=C\C/C=C\C/C=C\C=C\C(=O)CCCC(=O)OC[C@H](COP(=O)(O)O)OC(=O)CCCCCCC/C=C\CCCCCC. The van der Waals surface area contributed by atoms with Crippen LogP contribution in [0.1, 0.15) is 149 Å². The minimum atomic E-state index is -4.81. The zero-order chi connectivity index (χ0) is 36.3. The first-order valence-electron chi connectivity index (χ1n) is 18.5. The average Bonchev–Trinajstić information content (AvgIpc) is 3.06. The molecule has 0 aromatic carbocycles. The smallest absolute Gasteiger partial charge is 0.462 e. The summed E-state index contributed by atoms with van der Waals surface area (Å²) < 4.78 is 26.1. The minimum absolute atomic E-state index is 0.0258. The predicted molar refractivity (Wildman–Crippen MR) is 198 cm³/mol. The van der Waals surface area contributed by atoms with Gasteiger partial charge in [0.05, 0.1) is 6.61 Å². The molecule has 0 bridgehead atoms. The number of unbranched alkanes of at least 4 members (excludes halogenated alkanes) is 12. The molecule has 0 amide bonds. The maximum absolute atomic E-state index is 12.3. The molecule has 0 aromatic rings. The van der Waals surface area contributed by atoms with Crippen molar-refractivity contribution in [2.75, 3.05) is 13.2 Å². The van der Waals surface area contributed by atoms with Gasteiger partial charge in [-0.05, 0) is 70.3 Å². The van der Waals surface area contributed by atoms with Crippen molar-refractivity contribution in [3.63, 3.8) is 0 Å². The van der Waals surface area contributed by atoms with E-state index < -0.39 is 39.1 Å². The van der Waals surface area contributed by atoms with Gasteiger partial charge in [0.15, 0.2) is 11.9 Å². The van der Waals surface area contributed by atoms with Gasteiger partial charge in [0.1, 0.15) is 6.61 Å². The van der Waals surface area contributed by atoms with E-state index in [-0.39, 0.29) is 31.5 Å². The lowest BCUT2D eigenvalue weighted by Crippen LogP contribution is -2.29. The Morgan fingerprint density at radius 1 is 0.592 bits per heavy atom. The van der Waals surface area contributed by atoms with Crippen LogP contribution >= 0.6 is 7.82 Å². The van der Waals surface area contributed by atoms with Gasteiger partial charge in [-0.15, -0.1) is 0 Å². The predicted octanol–water partition coefficient (Wildman–Crippen LogP) is 10.1. The molecule has 0 saturated heterocycles. The van der Waals surface area contributed by atoms with Crippen LogP contribution in [0.2, 0.25) is 0 Å². The number of hydrogen-bond donors (Lipinski definition) is 2. The molecule has 9 nitrogen and oxygen atoms in total. The summed E-state index contributed by atoms with van der Waals surface area (Å²) >= 11 is 0. The summed E-state index contributed by atoms with van der Waals surface area (Å²) in [6, 6.07) is 0. The van der Waals surface area contributed by atoms with Crippen LogP contribution in [0.5, 0.6) is 0 Å². The van der Waals surface area contributed by atoms with Crippen LogP contribution in [0.15, 0.2) is 60.8 Å². The number of phosphoric ester groups is 1. The number of ketones is 1. The number of allylic oxidation sites excluding steroid dienone is 10. The lowest BCUT2D eigenvalue weighted by Gasteiger charge is -2.18.